The second kappa shape index (κ2) is 11.1. The Hall–Kier alpha value is -2.61. The lowest BCUT2D eigenvalue weighted by Gasteiger charge is -2.28. The average molecular weight is 452 g/mol. The number of hydrogen-bond donors (Lipinski definition) is 2. The molecular formula is C22H30ClN3O5. The van der Waals surface area contributed by atoms with E-state index in [9.17, 15) is 14.7 Å². The number of hydrogen-bond acceptors (Lipinski definition) is 7. The lowest BCUT2D eigenvalue weighted by Crippen LogP contribution is -2.41. The zero-order valence-corrected chi connectivity index (χ0v) is 19.1. The van der Waals surface area contributed by atoms with E-state index in [0.29, 0.717) is 0 Å². The van der Waals surface area contributed by atoms with E-state index in [1.807, 2.05) is 20.8 Å². The van der Waals surface area contributed by atoms with Gasteiger partial charge in [0.15, 0.2) is 0 Å². The summed E-state index contributed by atoms with van der Waals surface area (Å²) in [5, 5.41) is 13.6. The number of carbonyl (C=O) groups excluding carboxylic acids is 2. The second-order valence-corrected chi connectivity index (χ2v) is 8.61. The molecule has 0 radical (unpaired) electrons. The van der Waals surface area contributed by atoms with Crippen LogP contribution < -0.4 is 5.32 Å². The number of aliphatic hydroxyl groups excluding tert-OH is 1. The smallest absolute Gasteiger partial charge is 0.407 e. The van der Waals surface area contributed by atoms with Crippen LogP contribution in [-0.4, -0.2) is 52.7 Å². The Morgan fingerprint density at radius 3 is 2.58 bits per heavy atom. The molecule has 0 saturated heterocycles. The van der Waals surface area contributed by atoms with Crippen LogP contribution in [0.3, 0.4) is 0 Å². The normalized spacial score (nSPS) is 20.2. The number of halogens is 1. The number of esters is 1. The molecule has 0 atom stereocenters. The van der Waals surface area contributed by atoms with E-state index in [-0.39, 0.29) is 40.7 Å². The summed E-state index contributed by atoms with van der Waals surface area (Å²) in [6.45, 7) is 7.30. The predicted octanol–water partition coefficient (Wildman–Crippen LogP) is 4.47. The van der Waals surface area contributed by atoms with Gasteiger partial charge in [0.1, 0.15) is 22.1 Å². The van der Waals surface area contributed by atoms with Crippen LogP contribution in [0.15, 0.2) is 28.9 Å². The van der Waals surface area contributed by atoms with Gasteiger partial charge in [-0.25, -0.2) is 14.6 Å². The van der Waals surface area contributed by atoms with Crippen molar-refractivity contribution in [2.24, 2.45) is 4.99 Å². The monoisotopic (exact) mass is 451 g/mol. The zero-order chi connectivity index (χ0) is 23.0. The first kappa shape index (κ1) is 24.7. The first-order chi connectivity index (χ1) is 14.6. The number of nitrogens with zero attached hydrogens (tertiary/aromatic N) is 2. The maximum absolute atomic E-state index is 12.4. The molecule has 1 saturated carbocycles. The molecule has 0 unspecified atom stereocenters. The van der Waals surface area contributed by atoms with E-state index in [2.05, 4.69) is 15.3 Å². The molecule has 0 aliphatic heterocycles. The number of rotatable bonds is 6. The number of aliphatic hydroxyl groups is 1. The maximum Gasteiger partial charge on any atom is 0.407 e. The number of ether oxygens (including phenoxy) is 2. The molecule has 170 valence electrons. The second-order valence-electron chi connectivity index (χ2n) is 8.25. The molecule has 9 heteroatoms. The summed E-state index contributed by atoms with van der Waals surface area (Å²) < 4.78 is 10.3. The number of pyridine rings is 1. The standard InChI is InChI=1S/C22H30ClN3O5/c1-5-30-20(28)17(18(27)16-7-6-12-24-19(16)23)13-25-14-8-10-15(11-9-14)26-21(29)31-22(2,3)4/h6-7,12-15,27H,5,8-11H2,1-4H3,(H,26,29). The van der Waals surface area contributed by atoms with E-state index in [4.69, 9.17) is 21.1 Å². The van der Waals surface area contributed by atoms with Gasteiger partial charge in [-0.05, 0) is 65.5 Å². The SMILES string of the molecule is CCOC(=O)C(C=NC1CCC(NC(=O)OC(C)(C)C)CC1)=C(O)c1cccnc1Cl. The lowest BCUT2D eigenvalue weighted by atomic mass is 9.91. The molecule has 0 spiro atoms. The van der Waals surface area contributed by atoms with Gasteiger partial charge in [-0.1, -0.05) is 11.6 Å². The number of alkyl carbamates (subject to hydrolysis) is 1. The summed E-state index contributed by atoms with van der Waals surface area (Å²) >= 11 is 6.04. The van der Waals surface area contributed by atoms with Crippen LogP contribution in [-0.2, 0) is 14.3 Å². The van der Waals surface area contributed by atoms with Crippen LogP contribution in [0.2, 0.25) is 5.15 Å². The van der Waals surface area contributed by atoms with E-state index in [1.165, 1.54) is 12.4 Å². The Bertz CT molecular complexity index is 840. The van der Waals surface area contributed by atoms with E-state index in [1.54, 1.807) is 19.1 Å². The van der Waals surface area contributed by atoms with Gasteiger partial charge in [-0.15, -0.1) is 0 Å². The Labute approximate surface area is 187 Å². The maximum atomic E-state index is 12.4. The van der Waals surface area contributed by atoms with Crippen molar-refractivity contribution in [3.8, 4) is 0 Å². The van der Waals surface area contributed by atoms with Crippen LogP contribution in [0.5, 0.6) is 0 Å². The van der Waals surface area contributed by atoms with Crippen molar-refractivity contribution in [2.75, 3.05) is 6.61 Å². The van der Waals surface area contributed by atoms with Crippen molar-refractivity contribution in [1.29, 1.82) is 0 Å². The number of aliphatic imine (C=N–C) groups is 1. The summed E-state index contributed by atoms with van der Waals surface area (Å²) in [7, 11) is 0. The fourth-order valence-corrected chi connectivity index (χ4v) is 3.36. The molecule has 1 aromatic rings. The summed E-state index contributed by atoms with van der Waals surface area (Å²) in [5.74, 6) is -1.02. The van der Waals surface area contributed by atoms with Gasteiger partial charge in [-0.3, -0.25) is 4.99 Å². The van der Waals surface area contributed by atoms with Gasteiger partial charge in [0.2, 0.25) is 0 Å². The first-order valence-corrected chi connectivity index (χ1v) is 10.7. The number of carbonyl (C=O) groups is 2. The quantitative estimate of drug-likeness (QED) is 0.217. The van der Waals surface area contributed by atoms with Crippen molar-refractivity contribution >= 4 is 35.6 Å². The van der Waals surface area contributed by atoms with Gasteiger partial charge in [0.05, 0.1) is 18.2 Å². The molecule has 0 bridgehead atoms. The molecule has 31 heavy (non-hydrogen) atoms. The fraction of sp³-hybridized carbons (Fsp3) is 0.545. The van der Waals surface area contributed by atoms with Crippen molar-refractivity contribution in [1.82, 2.24) is 10.3 Å². The molecule has 1 heterocycles. The van der Waals surface area contributed by atoms with Gasteiger partial charge < -0.3 is 19.9 Å². The minimum atomic E-state index is -0.691. The van der Waals surface area contributed by atoms with Crippen molar-refractivity contribution in [2.45, 2.75) is 71.1 Å². The average Bonchev–Trinajstić information content (AvgIpc) is 2.68. The van der Waals surface area contributed by atoms with E-state index in [0.717, 1.165) is 25.7 Å². The Kier molecular flexibility index (Phi) is 8.86. The Morgan fingerprint density at radius 2 is 2.00 bits per heavy atom. The first-order valence-electron chi connectivity index (χ1n) is 10.3. The topological polar surface area (TPSA) is 110 Å². The Morgan fingerprint density at radius 1 is 1.32 bits per heavy atom. The molecule has 2 N–H and O–H groups in total. The van der Waals surface area contributed by atoms with Gasteiger partial charge >= 0.3 is 12.1 Å². The number of amides is 1. The van der Waals surface area contributed by atoms with Crippen LogP contribution >= 0.6 is 11.6 Å². The molecular weight excluding hydrogens is 422 g/mol. The summed E-state index contributed by atoms with van der Waals surface area (Å²) in [4.78, 5) is 32.7. The van der Waals surface area contributed by atoms with Crippen LogP contribution in [0.25, 0.3) is 5.76 Å². The molecule has 1 aliphatic carbocycles. The molecule has 0 aromatic carbocycles. The van der Waals surface area contributed by atoms with Gasteiger partial charge in [-0.2, -0.15) is 0 Å². The highest BCUT2D eigenvalue weighted by molar-refractivity contribution is 6.31. The van der Waals surface area contributed by atoms with Crippen molar-refractivity contribution in [3.63, 3.8) is 0 Å². The van der Waals surface area contributed by atoms with Crippen LogP contribution in [0.4, 0.5) is 4.79 Å². The lowest BCUT2D eigenvalue weighted by molar-refractivity contribution is -0.137. The van der Waals surface area contributed by atoms with Crippen molar-refractivity contribution < 1.29 is 24.2 Å². The molecule has 2 rings (SSSR count). The van der Waals surface area contributed by atoms with Crippen LogP contribution in [0, 0.1) is 0 Å². The largest absolute Gasteiger partial charge is 0.506 e. The Balaban J connectivity index is 2.06. The summed E-state index contributed by atoms with van der Waals surface area (Å²) in [5.41, 5.74) is -0.393. The molecule has 1 aliphatic rings. The van der Waals surface area contributed by atoms with Gasteiger partial charge in [0.25, 0.3) is 0 Å². The predicted molar refractivity (Wildman–Crippen MR) is 119 cm³/mol. The minimum absolute atomic E-state index is 0.0176. The number of aromatic nitrogens is 1. The van der Waals surface area contributed by atoms with Gasteiger partial charge in [0, 0.05) is 18.5 Å². The minimum Gasteiger partial charge on any atom is -0.506 e. The molecule has 1 aromatic heterocycles. The third kappa shape index (κ3) is 7.86. The highest BCUT2D eigenvalue weighted by Gasteiger charge is 2.25. The third-order valence-corrected chi connectivity index (χ3v) is 4.90. The molecule has 1 fully saturated rings. The fourth-order valence-electron chi connectivity index (χ4n) is 3.15. The molecule has 8 nitrogen and oxygen atoms in total. The van der Waals surface area contributed by atoms with Crippen LogP contribution in [0.1, 0.15) is 58.9 Å². The van der Waals surface area contributed by atoms with Crippen molar-refractivity contribution in [3.05, 3.63) is 34.6 Å². The summed E-state index contributed by atoms with van der Waals surface area (Å²) in [6.07, 6.45) is 5.32. The molecule has 1 amide bonds. The zero-order valence-electron chi connectivity index (χ0n) is 18.4. The highest BCUT2D eigenvalue weighted by atomic mass is 35.5. The van der Waals surface area contributed by atoms with E-state index >= 15 is 0 Å². The number of nitrogens with one attached hydrogen (secondary N) is 1. The third-order valence-electron chi connectivity index (χ3n) is 4.60. The van der Waals surface area contributed by atoms with E-state index < -0.39 is 17.7 Å². The summed E-state index contributed by atoms with van der Waals surface area (Å²) in [6, 6.07) is 3.14. The highest BCUT2D eigenvalue weighted by Crippen LogP contribution is 2.24.